The molecule has 0 aromatic rings. The van der Waals surface area contributed by atoms with Gasteiger partial charge in [0.05, 0.1) is 13.5 Å². The molecule has 0 saturated carbocycles. The quantitative estimate of drug-likeness (QED) is 0.443. The zero-order valence-corrected chi connectivity index (χ0v) is 6.72. The Morgan fingerprint density at radius 2 is 2.20 bits per heavy atom. The highest BCUT2D eigenvalue weighted by Gasteiger charge is 1.95. The minimum atomic E-state index is -0.427. The lowest BCUT2D eigenvalue weighted by atomic mass is 10.1. The van der Waals surface area contributed by atoms with Crippen LogP contribution in [0.25, 0.3) is 0 Å². The van der Waals surface area contributed by atoms with Crippen LogP contribution in [0, 0.1) is 12.8 Å². The molecular formula is C8H15O2. The molecule has 0 heterocycles. The summed E-state index contributed by atoms with van der Waals surface area (Å²) in [6, 6.07) is 0. The van der Waals surface area contributed by atoms with Gasteiger partial charge in [-0.3, -0.25) is 4.79 Å². The van der Waals surface area contributed by atoms with Crippen molar-refractivity contribution in [1.29, 1.82) is 0 Å². The standard InChI is InChI=1S/C8H15O2/c1-7(2)5-4-6-10-8(3)9/h7H,3-6H2,1-2H3. The number of esters is 1. The normalized spacial score (nSPS) is 10.0. The van der Waals surface area contributed by atoms with Gasteiger partial charge in [0.15, 0.2) is 0 Å². The molecule has 0 aliphatic carbocycles. The molecule has 0 rings (SSSR count). The monoisotopic (exact) mass is 143 g/mol. The third-order valence-corrected chi connectivity index (χ3v) is 1.19. The van der Waals surface area contributed by atoms with Gasteiger partial charge in [-0.15, -0.1) is 0 Å². The molecule has 1 radical (unpaired) electrons. The van der Waals surface area contributed by atoms with Crippen molar-refractivity contribution in [2.24, 2.45) is 5.92 Å². The van der Waals surface area contributed by atoms with Crippen LogP contribution in [0.5, 0.6) is 0 Å². The topological polar surface area (TPSA) is 26.3 Å². The molecule has 0 aromatic carbocycles. The molecule has 0 fully saturated rings. The van der Waals surface area contributed by atoms with E-state index in [1.54, 1.807) is 0 Å². The Kier molecular flexibility index (Phi) is 4.99. The van der Waals surface area contributed by atoms with E-state index >= 15 is 0 Å². The van der Waals surface area contributed by atoms with Crippen molar-refractivity contribution >= 4 is 5.97 Å². The highest BCUT2D eigenvalue weighted by molar-refractivity contribution is 5.73. The summed E-state index contributed by atoms with van der Waals surface area (Å²) in [5.74, 6) is 0.257. The largest absolute Gasteiger partial charge is 0.466 e. The summed E-state index contributed by atoms with van der Waals surface area (Å²) in [7, 11) is 0. The molecule has 2 nitrogen and oxygen atoms in total. The van der Waals surface area contributed by atoms with E-state index < -0.39 is 5.97 Å². The SMILES string of the molecule is [CH2]C(=O)OCCCC(C)C. The predicted molar refractivity (Wildman–Crippen MR) is 40.4 cm³/mol. The zero-order valence-electron chi connectivity index (χ0n) is 6.72. The van der Waals surface area contributed by atoms with Gasteiger partial charge in [0.2, 0.25) is 0 Å². The van der Waals surface area contributed by atoms with Gasteiger partial charge in [0, 0.05) is 0 Å². The molecule has 59 valence electrons. The van der Waals surface area contributed by atoms with Crippen LogP contribution in [0.15, 0.2) is 0 Å². The number of carbonyl (C=O) groups excluding carboxylic acids is 1. The zero-order chi connectivity index (χ0) is 7.98. The molecule has 10 heavy (non-hydrogen) atoms. The van der Waals surface area contributed by atoms with Crippen molar-refractivity contribution in [1.82, 2.24) is 0 Å². The highest BCUT2D eigenvalue weighted by Crippen LogP contribution is 2.02. The molecule has 0 N–H and O–H groups in total. The van der Waals surface area contributed by atoms with Gasteiger partial charge in [-0.2, -0.15) is 0 Å². The Morgan fingerprint density at radius 1 is 1.60 bits per heavy atom. The second-order valence-corrected chi connectivity index (χ2v) is 2.76. The summed E-state index contributed by atoms with van der Waals surface area (Å²) < 4.78 is 4.64. The van der Waals surface area contributed by atoms with Gasteiger partial charge in [0.25, 0.3) is 0 Å². The number of ether oxygens (including phenoxy) is 1. The number of rotatable bonds is 4. The van der Waals surface area contributed by atoms with Crippen molar-refractivity contribution in [3.8, 4) is 0 Å². The molecule has 0 unspecified atom stereocenters. The summed E-state index contributed by atoms with van der Waals surface area (Å²) in [6.45, 7) is 7.90. The highest BCUT2D eigenvalue weighted by atomic mass is 16.5. The first-order valence-corrected chi connectivity index (χ1v) is 3.61. The number of hydrogen-bond donors (Lipinski definition) is 0. The third-order valence-electron chi connectivity index (χ3n) is 1.19. The number of carbonyl (C=O) groups is 1. The number of hydrogen-bond acceptors (Lipinski definition) is 2. The van der Waals surface area contributed by atoms with Crippen LogP contribution < -0.4 is 0 Å². The molecule has 0 spiro atoms. The second-order valence-electron chi connectivity index (χ2n) is 2.76. The van der Waals surface area contributed by atoms with E-state index in [4.69, 9.17) is 0 Å². The van der Waals surface area contributed by atoms with Gasteiger partial charge in [-0.1, -0.05) is 13.8 Å². The van der Waals surface area contributed by atoms with Gasteiger partial charge in [-0.25, -0.2) is 0 Å². The van der Waals surface area contributed by atoms with E-state index in [0.717, 1.165) is 12.8 Å². The summed E-state index contributed by atoms with van der Waals surface area (Å²) >= 11 is 0. The summed E-state index contributed by atoms with van der Waals surface area (Å²) in [6.07, 6.45) is 2.05. The maximum Gasteiger partial charge on any atom is 0.306 e. The molecule has 0 saturated heterocycles. The van der Waals surface area contributed by atoms with E-state index in [-0.39, 0.29) is 0 Å². The van der Waals surface area contributed by atoms with Crippen molar-refractivity contribution in [2.75, 3.05) is 6.61 Å². The summed E-state index contributed by atoms with van der Waals surface area (Å²) in [5, 5.41) is 0. The molecule has 0 atom stereocenters. The first kappa shape index (κ1) is 9.47. The van der Waals surface area contributed by atoms with Crippen LogP contribution in [-0.2, 0) is 9.53 Å². The van der Waals surface area contributed by atoms with Crippen LogP contribution in [0.2, 0.25) is 0 Å². The fourth-order valence-electron chi connectivity index (χ4n) is 0.678. The lowest BCUT2D eigenvalue weighted by Crippen LogP contribution is -2.01. The Hall–Kier alpha value is -0.530. The van der Waals surface area contributed by atoms with Crippen molar-refractivity contribution < 1.29 is 9.53 Å². The molecule has 0 amide bonds. The van der Waals surface area contributed by atoms with Crippen molar-refractivity contribution in [3.05, 3.63) is 6.92 Å². The van der Waals surface area contributed by atoms with E-state index in [2.05, 4.69) is 25.5 Å². The van der Waals surface area contributed by atoms with Gasteiger partial charge >= 0.3 is 5.97 Å². The summed E-state index contributed by atoms with van der Waals surface area (Å²) in [5.41, 5.74) is 0. The minimum Gasteiger partial charge on any atom is -0.466 e. The van der Waals surface area contributed by atoms with Crippen molar-refractivity contribution in [3.63, 3.8) is 0 Å². The van der Waals surface area contributed by atoms with Crippen LogP contribution in [0.3, 0.4) is 0 Å². The van der Waals surface area contributed by atoms with Crippen LogP contribution in [0.1, 0.15) is 26.7 Å². The van der Waals surface area contributed by atoms with Gasteiger partial charge < -0.3 is 4.74 Å². The Labute approximate surface area is 62.6 Å². The van der Waals surface area contributed by atoms with Crippen molar-refractivity contribution in [2.45, 2.75) is 26.7 Å². The molecular weight excluding hydrogens is 128 g/mol. The minimum absolute atomic E-state index is 0.427. The smallest absolute Gasteiger partial charge is 0.306 e. The molecule has 0 aliphatic heterocycles. The summed E-state index contributed by atoms with van der Waals surface area (Å²) in [4.78, 5) is 10.2. The fraction of sp³-hybridized carbons (Fsp3) is 0.750. The van der Waals surface area contributed by atoms with E-state index in [9.17, 15) is 4.79 Å². The maximum absolute atomic E-state index is 10.2. The molecule has 0 aromatic heterocycles. The lowest BCUT2D eigenvalue weighted by Gasteiger charge is -2.03. The molecule has 0 bridgehead atoms. The molecule has 2 heteroatoms. The van der Waals surface area contributed by atoms with Crippen LogP contribution in [0.4, 0.5) is 0 Å². The Balaban J connectivity index is 2.98. The van der Waals surface area contributed by atoms with E-state index in [0.29, 0.717) is 12.5 Å². The fourth-order valence-corrected chi connectivity index (χ4v) is 0.678. The van der Waals surface area contributed by atoms with Crippen LogP contribution >= 0.6 is 0 Å². The molecule has 0 aliphatic rings. The van der Waals surface area contributed by atoms with Gasteiger partial charge in [-0.05, 0) is 18.8 Å². The average Bonchev–Trinajstić information content (AvgIpc) is 1.79. The predicted octanol–water partition coefficient (Wildman–Crippen LogP) is 1.80. The Bertz CT molecular complexity index is 97.4. The van der Waals surface area contributed by atoms with Crippen LogP contribution in [-0.4, -0.2) is 12.6 Å². The second kappa shape index (κ2) is 5.27. The maximum atomic E-state index is 10.2. The lowest BCUT2D eigenvalue weighted by molar-refractivity contribution is -0.138. The Morgan fingerprint density at radius 3 is 2.60 bits per heavy atom. The average molecular weight is 143 g/mol. The van der Waals surface area contributed by atoms with Gasteiger partial charge in [0.1, 0.15) is 0 Å². The van der Waals surface area contributed by atoms with E-state index in [1.165, 1.54) is 0 Å². The third kappa shape index (κ3) is 7.47. The first-order valence-electron chi connectivity index (χ1n) is 3.61. The van der Waals surface area contributed by atoms with E-state index in [1.807, 2.05) is 0 Å². The first-order chi connectivity index (χ1) is 4.63.